The number of hydrogen-bond acceptors (Lipinski definition) is 4. The number of sulfonamides is 1. The first-order valence-corrected chi connectivity index (χ1v) is 15.4. The van der Waals surface area contributed by atoms with Gasteiger partial charge in [-0.15, -0.1) is 0 Å². The van der Waals surface area contributed by atoms with Gasteiger partial charge in [-0.1, -0.05) is 80.9 Å². The highest BCUT2D eigenvalue weighted by atomic mass is 35.5. The Morgan fingerprint density at radius 1 is 0.875 bits per heavy atom. The molecule has 0 unspecified atom stereocenters. The number of halogens is 1. The molecule has 0 aromatic heterocycles. The van der Waals surface area contributed by atoms with Gasteiger partial charge in [-0.2, -0.15) is 0 Å². The molecule has 0 heterocycles. The van der Waals surface area contributed by atoms with E-state index in [2.05, 4.69) is 5.32 Å². The van der Waals surface area contributed by atoms with Crippen LogP contribution in [0.25, 0.3) is 0 Å². The van der Waals surface area contributed by atoms with Crippen LogP contribution in [0.5, 0.6) is 0 Å². The fraction of sp³-hybridized carbons (Fsp3) is 0.355. The monoisotopic (exact) mass is 583 g/mol. The number of carbonyl (C=O) groups is 2. The fourth-order valence-electron chi connectivity index (χ4n) is 4.43. The molecule has 1 N–H and O–H groups in total. The average Bonchev–Trinajstić information content (AvgIpc) is 2.96. The minimum absolute atomic E-state index is 0.0691. The molecular weight excluding hydrogens is 546 g/mol. The van der Waals surface area contributed by atoms with E-state index in [1.165, 1.54) is 17.0 Å². The first-order chi connectivity index (χ1) is 19.1. The molecule has 214 valence electrons. The van der Waals surface area contributed by atoms with Crippen LogP contribution < -0.4 is 9.62 Å². The maximum atomic E-state index is 14.1. The average molecular weight is 584 g/mol. The number of nitrogens with zero attached hydrogens (tertiary/aromatic N) is 2. The summed E-state index contributed by atoms with van der Waals surface area (Å²) in [4.78, 5) is 29.1. The first-order valence-electron chi connectivity index (χ1n) is 13.6. The molecule has 0 saturated carbocycles. The molecular formula is C31H38ClN3O4S. The van der Waals surface area contributed by atoms with E-state index >= 15 is 0 Å². The normalized spacial score (nSPS) is 12.8. The highest BCUT2D eigenvalue weighted by molar-refractivity contribution is 7.92. The molecule has 0 aliphatic heterocycles. The van der Waals surface area contributed by atoms with Crippen molar-refractivity contribution in [3.8, 4) is 0 Å². The molecule has 3 rings (SSSR count). The van der Waals surface area contributed by atoms with Crippen molar-refractivity contribution < 1.29 is 18.0 Å². The Bertz CT molecular complexity index is 1380. The van der Waals surface area contributed by atoms with Crippen molar-refractivity contribution in [3.05, 3.63) is 95.0 Å². The van der Waals surface area contributed by atoms with Crippen molar-refractivity contribution in [2.45, 2.75) is 70.5 Å². The number of amides is 2. The number of para-hydroxylation sites is 1. The van der Waals surface area contributed by atoms with Gasteiger partial charge < -0.3 is 10.2 Å². The summed E-state index contributed by atoms with van der Waals surface area (Å²) in [6, 6.07) is 21.4. The van der Waals surface area contributed by atoms with Gasteiger partial charge in [-0.05, 0) is 67.6 Å². The quantitative estimate of drug-likeness (QED) is 0.275. The highest BCUT2D eigenvalue weighted by Crippen LogP contribution is 2.28. The summed E-state index contributed by atoms with van der Waals surface area (Å²) in [5.74, 6) is -0.753. The van der Waals surface area contributed by atoms with E-state index in [0.29, 0.717) is 23.6 Å². The van der Waals surface area contributed by atoms with Crippen LogP contribution in [0.1, 0.15) is 51.7 Å². The number of anilines is 1. The first kappa shape index (κ1) is 31.2. The Morgan fingerprint density at radius 3 is 2.10 bits per heavy atom. The number of carbonyl (C=O) groups excluding carboxylic acids is 2. The second kappa shape index (κ2) is 14.3. The molecule has 0 spiro atoms. The van der Waals surface area contributed by atoms with Gasteiger partial charge in [0.05, 0.1) is 10.6 Å². The summed E-state index contributed by atoms with van der Waals surface area (Å²) in [5.41, 5.74) is 2.00. The van der Waals surface area contributed by atoms with Crippen molar-refractivity contribution >= 4 is 39.1 Å². The fourth-order valence-corrected chi connectivity index (χ4v) is 6.03. The maximum Gasteiger partial charge on any atom is 0.264 e. The van der Waals surface area contributed by atoms with Gasteiger partial charge in [0.2, 0.25) is 11.8 Å². The van der Waals surface area contributed by atoms with Gasteiger partial charge in [0.1, 0.15) is 12.6 Å². The lowest BCUT2D eigenvalue weighted by Crippen LogP contribution is -2.53. The van der Waals surface area contributed by atoms with Crippen molar-refractivity contribution in [1.29, 1.82) is 0 Å². The Morgan fingerprint density at radius 2 is 1.50 bits per heavy atom. The van der Waals surface area contributed by atoms with E-state index in [4.69, 9.17) is 11.6 Å². The minimum atomic E-state index is -4.10. The zero-order valence-corrected chi connectivity index (χ0v) is 25.1. The molecule has 40 heavy (non-hydrogen) atoms. The summed E-state index contributed by atoms with van der Waals surface area (Å²) >= 11 is 6.08. The molecule has 3 aromatic carbocycles. The van der Waals surface area contributed by atoms with Crippen LogP contribution in [0, 0.1) is 0 Å². The van der Waals surface area contributed by atoms with Crippen molar-refractivity contribution in [2.24, 2.45) is 0 Å². The lowest BCUT2D eigenvalue weighted by Gasteiger charge is -2.34. The third kappa shape index (κ3) is 7.64. The number of rotatable bonds is 13. The van der Waals surface area contributed by atoms with Crippen LogP contribution in [0.4, 0.5) is 5.69 Å². The Labute approximate surface area is 243 Å². The Kier molecular flexibility index (Phi) is 11.2. The van der Waals surface area contributed by atoms with Gasteiger partial charge in [0, 0.05) is 17.6 Å². The smallest absolute Gasteiger partial charge is 0.264 e. The van der Waals surface area contributed by atoms with E-state index in [9.17, 15) is 18.0 Å². The highest BCUT2D eigenvalue weighted by Gasteiger charge is 2.34. The van der Waals surface area contributed by atoms with Crippen molar-refractivity contribution in [2.75, 3.05) is 10.8 Å². The van der Waals surface area contributed by atoms with Crippen LogP contribution in [0.15, 0.2) is 83.8 Å². The van der Waals surface area contributed by atoms with Crippen LogP contribution in [0.2, 0.25) is 5.02 Å². The summed E-state index contributed by atoms with van der Waals surface area (Å²) in [7, 11) is -4.10. The van der Waals surface area contributed by atoms with Crippen LogP contribution in [0.3, 0.4) is 0 Å². The van der Waals surface area contributed by atoms with E-state index in [1.54, 1.807) is 54.6 Å². The van der Waals surface area contributed by atoms with Crippen molar-refractivity contribution in [1.82, 2.24) is 10.2 Å². The molecule has 2 atom stereocenters. The largest absolute Gasteiger partial charge is 0.352 e. The summed E-state index contributed by atoms with van der Waals surface area (Å²) in [6.45, 7) is 7.32. The lowest BCUT2D eigenvalue weighted by atomic mass is 10.1. The SMILES string of the molecule is CCc1ccccc1N(CC(=O)N(Cc1ccc(Cl)cc1)[C@@H](CC)C(=O)N[C@@H](C)CC)S(=O)(=O)c1ccccc1. The van der Waals surface area contributed by atoms with Gasteiger partial charge in [0.25, 0.3) is 10.0 Å². The second-order valence-electron chi connectivity index (χ2n) is 9.70. The maximum absolute atomic E-state index is 14.1. The molecule has 0 aliphatic carbocycles. The molecule has 7 nitrogen and oxygen atoms in total. The van der Waals surface area contributed by atoms with Crippen LogP contribution in [-0.4, -0.2) is 43.8 Å². The van der Waals surface area contributed by atoms with Gasteiger partial charge >= 0.3 is 0 Å². The van der Waals surface area contributed by atoms with E-state index in [0.717, 1.165) is 21.9 Å². The predicted molar refractivity (Wildman–Crippen MR) is 161 cm³/mol. The number of nitrogens with one attached hydrogen (secondary N) is 1. The Balaban J connectivity index is 2.08. The standard InChI is InChI=1S/C31H38ClN3O4S/c1-5-23(4)33-31(37)28(7-3)34(21-24-17-19-26(32)20-18-24)30(36)22-35(29-16-12-11-13-25(29)6-2)40(38,39)27-14-9-8-10-15-27/h8-20,23,28H,5-7,21-22H2,1-4H3,(H,33,37)/t23-,28-/m0/s1. The van der Waals surface area contributed by atoms with Gasteiger partial charge in [-0.25, -0.2) is 8.42 Å². The van der Waals surface area contributed by atoms with Gasteiger partial charge in [-0.3, -0.25) is 13.9 Å². The molecule has 3 aromatic rings. The Hall–Kier alpha value is -3.36. The third-order valence-electron chi connectivity index (χ3n) is 6.90. The summed E-state index contributed by atoms with van der Waals surface area (Å²) in [5, 5.41) is 3.54. The van der Waals surface area contributed by atoms with Crippen molar-refractivity contribution in [3.63, 3.8) is 0 Å². The molecule has 2 amide bonds. The third-order valence-corrected chi connectivity index (χ3v) is 8.93. The minimum Gasteiger partial charge on any atom is -0.352 e. The number of aryl methyl sites for hydroxylation is 1. The molecule has 9 heteroatoms. The molecule has 0 bridgehead atoms. The molecule has 0 saturated heterocycles. The summed E-state index contributed by atoms with van der Waals surface area (Å²) in [6.07, 6.45) is 1.68. The van der Waals surface area contributed by atoms with E-state index in [-0.39, 0.29) is 23.4 Å². The number of hydrogen-bond donors (Lipinski definition) is 1. The predicted octanol–water partition coefficient (Wildman–Crippen LogP) is 5.82. The number of benzene rings is 3. The topological polar surface area (TPSA) is 86.8 Å². The van der Waals surface area contributed by atoms with Crippen LogP contribution >= 0.6 is 11.6 Å². The van der Waals surface area contributed by atoms with Gasteiger partial charge in [0.15, 0.2) is 0 Å². The van der Waals surface area contributed by atoms with E-state index in [1.807, 2.05) is 39.8 Å². The molecule has 0 fully saturated rings. The second-order valence-corrected chi connectivity index (χ2v) is 12.0. The summed E-state index contributed by atoms with van der Waals surface area (Å²) < 4.78 is 29.1. The zero-order valence-electron chi connectivity index (χ0n) is 23.5. The molecule has 0 aliphatic rings. The van der Waals surface area contributed by atoms with Crippen LogP contribution in [-0.2, 0) is 32.6 Å². The van der Waals surface area contributed by atoms with E-state index < -0.39 is 28.5 Å². The lowest BCUT2D eigenvalue weighted by molar-refractivity contribution is -0.140. The zero-order chi connectivity index (χ0) is 29.3. The molecule has 0 radical (unpaired) electrons.